The van der Waals surface area contributed by atoms with Crippen LogP contribution >= 0.6 is 0 Å². The highest BCUT2D eigenvalue weighted by Crippen LogP contribution is 2.09. The van der Waals surface area contributed by atoms with Gasteiger partial charge in [0.1, 0.15) is 0 Å². The lowest BCUT2D eigenvalue weighted by atomic mass is 10.2. The first-order chi connectivity index (χ1) is 10.1. The Labute approximate surface area is 123 Å². The van der Waals surface area contributed by atoms with E-state index < -0.39 is 11.9 Å². The zero-order valence-corrected chi connectivity index (χ0v) is 12.0. The van der Waals surface area contributed by atoms with E-state index in [9.17, 15) is 14.4 Å². The molecule has 0 aliphatic rings. The van der Waals surface area contributed by atoms with Crippen LogP contribution in [0.5, 0.6) is 0 Å². The third-order valence-electron chi connectivity index (χ3n) is 2.41. The molecule has 0 aliphatic carbocycles. The summed E-state index contributed by atoms with van der Waals surface area (Å²) >= 11 is 0. The number of benzene rings is 1. The maximum Gasteiger partial charge on any atom is 0.330 e. The van der Waals surface area contributed by atoms with Crippen LogP contribution in [0.15, 0.2) is 36.4 Å². The van der Waals surface area contributed by atoms with Crippen molar-refractivity contribution >= 4 is 23.5 Å². The van der Waals surface area contributed by atoms with Gasteiger partial charge in [-0.05, 0) is 38.1 Å². The third kappa shape index (κ3) is 5.90. The van der Waals surface area contributed by atoms with Crippen LogP contribution < -0.4 is 10.6 Å². The van der Waals surface area contributed by atoms with E-state index in [2.05, 4.69) is 15.4 Å². The summed E-state index contributed by atoms with van der Waals surface area (Å²) in [5.74, 6) is -1.19. The van der Waals surface area contributed by atoms with Crippen molar-refractivity contribution in [3.63, 3.8) is 0 Å². The van der Waals surface area contributed by atoms with Crippen molar-refractivity contribution in [2.75, 3.05) is 18.5 Å². The maximum absolute atomic E-state index is 11.6. The fourth-order valence-electron chi connectivity index (χ4n) is 1.49. The predicted molar refractivity (Wildman–Crippen MR) is 78.9 cm³/mol. The molecule has 112 valence electrons. The van der Waals surface area contributed by atoms with Gasteiger partial charge in [0.15, 0.2) is 0 Å². The van der Waals surface area contributed by atoms with E-state index in [1.54, 1.807) is 31.2 Å². The van der Waals surface area contributed by atoms with Crippen LogP contribution in [-0.2, 0) is 14.3 Å². The smallest absolute Gasteiger partial charge is 0.330 e. The van der Waals surface area contributed by atoms with E-state index in [4.69, 9.17) is 0 Å². The highest BCUT2D eigenvalue weighted by Gasteiger charge is 2.04. The molecule has 0 fully saturated rings. The Kier molecular flexibility index (Phi) is 6.67. The Morgan fingerprint density at radius 2 is 1.76 bits per heavy atom. The molecule has 1 aromatic carbocycles. The molecule has 1 rings (SSSR count). The van der Waals surface area contributed by atoms with Crippen molar-refractivity contribution in [1.82, 2.24) is 5.32 Å². The number of hydrogen-bond acceptors (Lipinski definition) is 4. The molecular formula is C15H18N2O4. The van der Waals surface area contributed by atoms with E-state index in [0.717, 1.165) is 12.2 Å². The van der Waals surface area contributed by atoms with Gasteiger partial charge in [-0.3, -0.25) is 9.59 Å². The van der Waals surface area contributed by atoms with Crippen LogP contribution in [0.4, 0.5) is 5.69 Å². The number of anilines is 1. The lowest BCUT2D eigenvalue weighted by Crippen LogP contribution is -2.22. The summed E-state index contributed by atoms with van der Waals surface area (Å²) < 4.78 is 4.66. The topological polar surface area (TPSA) is 84.5 Å². The van der Waals surface area contributed by atoms with Gasteiger partial charge in [-0.2, -0.15) is 0 Å². The van der Waals surface area contributed by atoms with Crippen LogP contribution in [0.2, 0.25) is 0 Å². The molecule has 0 heterocycles. The molecule has 2 N–H and O–H groups in total. The Morgan fingerprint density at radius 3 is 2.33 bits per heavy atom. The number of nitrogens with one attached hydrogen (secondary N) is 2. The van der Waals surface area contributed by atoms with Gasteiger partial charge in [0.25, 0.3) is 5.91 Å². The van der Waals surface area contributed by atoms with Crippen molar-refractivity contribution < 1.29 is 19.1 Å². The normalized spacial score (nSPS) is 10.2. The van der Waals surface area contributed by atoms with Crippen LogP contribution in [0.3, 0.4) is 0 Å². The van der Waals surface area contributed by atoms with Gasteiger partial charge >= 0.3 is 5.97 Å². The molecule has 0 aromatic heterocycles. The molecule has 6 nitrogen and oxygen atoms in total. The van der Waals surface area contributed by atoms with Gasteiger partial charge in [0.2, 0.25) is 5.91 Å². The van der Waals surface area contributed by atoms with Gasteiger partial charge in [-0.1, -0.05) is 0 Å². The van der Waals surface area contributed by atoms with E-state index in [0.29, 0.717) is 17.8 Å². The number of ether oxygens (including phenoxy) is 1. The van der Waals surface area contributed by atoms with Crippen LogP contribution in [0, 0.1) is 0 Å². The predicted octanol–water partition coefficient (Wildman–Crippen LogP) is 1.49. The SMILES string of the molecule is CCNC(=O)c1ccc(NC(=O)/C=C/C(=O)OCC)cc1. The van der Waals surface area contributed by atoms with Crippen LogP contribution in [-0.4, -0.2) is 30.9 Å². The van der Waals surface area contributed by atoms with Crippen molar-refractivity contribution in [2.45, 2.75) is 13.8 Å². The minimum Gasteiger partial charge on any atom is -0.463 e. The minimum absolute atomic E-state index is 0.169. The second kappa shape index (κ2) is 8.52. The average molecular weight is 290 g/mol. The molecule has 6 heteroatoms. The number of carbonyl (C=O) groups is 3. The molecule has 0 saturated heterocycles. The molecule has 0 aliphatic heterocycles. The first kappa shape index (κ1) is 16.4. The summed E-state index contributed by atoms with van der Waals surface area (Å²) in [5.41, 5.74) is 1.04. The molecule has 21 heavy (non-hydrogen) atoms. The standard InChI is InChI=1S/C15H18N2O4/c1-3-16-15(20)11-5-7-12(8-6-11)17-13(18)9-10-14(19)21-4-2/h5-10H,3-4H2,1-2H3,(H,16,20)(H,17,18)/b10-9+. The number of esters is 1. The zero-order chi connectivity index (χ0) is 15.7. The van der Waals surface area contributed by atoms with Gasteiger partial charge in [-0.25, -0.2) is 4.79 Å². The summed E-state index contributed by atoms with van der Waals surface area (Å²) in [5, 5.41) is 5.25. The Hall–Kier alpha value is -2.63. The minimum atomic E-state index is -0.570. The third-order valence-corrected chi connectivity index (χ3v) is 2.41. The summed E-state index contributed by atoms with van der Waals surface area (Å²) in [6.45, 7) is 4.33. The van der Waals surface area contributed by atoms with E-state index in [1.165, 1.54) is 0 Å². The summed E-state index contributed by atoms with van der Waals surface area (Å²) in [7, 11) is 0. The monoisotopic (exact) mass is 290 g/mol. The van der Waals surface area contributed by atoms with E-state index >= 15 is 0 Å². The molecular weight excluding hydrogens is 272 g/mol. The molecule has 0 unspecified atom stereocenters. The first-order valence-electron chi connectivity index (χ1n) is 6.60. The van der Waals surface area contributed by atoms with Gasteiger partial charge < -0.3 is 15.4 Å². The van der Waals surface area contributed by atoms with Crippen molar-refractivity contribution in [3.05, 3.63) is 42.0 Å². The summed E-state index contributed by atoms with van der Waals surface area (Å²) in [6, 6.07) is 6.44. The van der Waals surface area contributed by atoms with Crippen LogP contribution in [0.1, 0.15) is 24.2 Å². The van der Waals surface area contributed by atoms with E-state index in [1.807, 2.05) is 6.92 Å². The van der Waals surface area contributed by atoms with Crippen LogP contribution in [0.25, 0.3) is 0 Å². The van der Waals surface area contributed by atoms with Gasteiger partial charge in [-0.15, -0.1) is 0 Å². The van der Waals surface area contributed by atoms with Crippen molar-refractivity contribution in [2.24, 2.45) is 0 Å². The molecule has 0 bridgehead atoms. The quantitative estimate of drug-likeness (QED) is 0.614. The Morgan fingerprint density at radius 1 is 1.10 bits per heavy atom. The number of amides is 2. The van der Waals surface area contributed by atoms with E-state index in [-0.39, 0.29) is 12.5 Å². The molecule has 0 radical (unpaired) electrons. The largest absolute Gasteiger partial charge is 0.463 e. The maximum atomic E-state index is 11.6. The number of carbonyl (C=O) groups excluding carboxylic acids is 3. The molecule has 0 spiro atoms. The molecule has 2 amide bonds. The average Bonchev–Trinajstić information content (AvgIpc) is 2.46. The first-order valence-corrected chi connectivity index (χ1v) is 6.60. The van der Waals surface area contributed by atoms with Crippen molar-refractivity contribution in [1.29, 1.82) is 0 Å². The molecule has 0 atom stereocenters. The number of hydrogen-bond donors (Lipinski definition) is 2. The second-order valence-electron chi connectivity index (χ2n) is 4.01. The fourth-order valence-corrected chi connectivity index (χ4v) is 1.49. The fraction of sp³-hybridized carbons (Fsp3) is 0.267. The highest BCUT2D eigenvalue weighted by atomic mass is 16.5. The summed E-state index contributed by atoms with van der Waals surface area (Å²) in [6.07, 6.45) is 2.15. The lowest BCUT2D eigenvalue weighted by molar-refractivity contribution is -0.137. The summed E-state index contributed by atoms with van der Waals surface area (Å²) in [4.78, 5) is 34.2. The highest BCUT2D eigenvalue weighted by molar-refractivity contribution is 6.03. The molecule has 1 aromatic rings. The number of rotatable bonds is 6. The molecule has 0 saturated carbocycles. The Bertz CT molecular complexity index is 535. The lowest BCUT2D eigenvalue weighted by Gasteiger charge is -2.05. The Balaban J connectivity index is 2.57. The van der Waals surface area contributed by atoms with Gasteiger partial charge in [0.05, 0.1) is 6.61 Å². The second-order valence-corrected chi connectivity index (χ2v) is 4.01. The van der Waals surface area contributed by atoms with Gasteiger partial charge in [0, 0.05) is 29.9 Å². The van der Waals surface area contributed by atoms with Crippen molar-refractivity contribution in [3.8, 4) is 0 Å². The zero-order valence-electron chi connectivity index (χ0n) is 12.0.